The van der Waals surface area contributed by atoms with Gasteiger partial charge in [-0.1, -0.05) is 26.0 Å². The van der Waals surface area contributed by atoms with Gasteiger partial charge in [0.15, 0.2) is 0 Å². The van der Waals surface area contributed by atoms with Crippen molar-refractivity contribution in [3.63, 3.8) is 0 Å². The molecular formula is C18H25FN4O. The zero-order valence-electron chi connectivity index (χ0n) is 14.6. The first-order chi connectivity index (χ1) is 11.4. The van der Waals surface area contributed by atoms with Crippen LogP contribution >= 0.6 is 0 Å². The van der Waals surface area contributed by atoms with E-state index in [0.29, 0.717) is 31.9 Å². The van der Waals surface area contributed by atoms with Gasteiger partial charge >= 0.3 is 0 Å². The van der Waals surface area contributed by atoms with Crippen molar-refractivity contribution < 1.29 is 9.18 Å². The first kappa shape index (κ1) is 18.2. The van der Waals surface area contributed by atoms with E-state index in [0.717, 1.165) is 0 Å². The van der Waals surface area contributed by atoms with Gasteiger partial charge < -0.3 is 10.2 Å². The van der Waals surface area contributed by atoms with E-state index >= 15 is 0 Å². The van der Waals surface area contributed by atoms with Crippen molar-refractivity contribution in [3.05, 3.63) is 30.1 Å². The van der Waals surface area contributed by atoms with Crippen LogP contribution in [0.5, 0.6) is 0 Å². The minimum atomic E-state index is -0.855. The van der Waals surface area contributed by atoms with Crippen LogP contribution in [0, 0.1) is 23.1 Å². The van der Waals surface area contributed by atoms with Gasteiger partial charge in [-0.15, -0.1) is 0 Å². The maximum atomic E-state index is 13.8. The molecule has 0 radical (unpaired) electrons. The highest BCUT2D eigenvalue weighted by Gasteiger charge is 2.31. The summed E-state index contributed by atoms with van der Waals surface area (Å²) in [6, 6.07) is 8.93. The first-order valence-electron chi connectivity index (χ1n) is 8.30. The van der Waals surface area contributed by atoms with Gasteiger partial charge in [-0.25, -0.2) is 4.39 Å². The molecule has 1 amide bonds. The highest BCUT2D eigenvalue weighted by Crippen LogP contribution is 2.20. The Bertz CT molecular complexity index is 620. The summed E-state index contributed by atoms with van der Waals surface area (Å²) in [5.74, 6) is -0.332. The maximum Gasteiger partial charge on any atom is 0.235 e. The smallest absolute Gasteiger partial charge is 0.235 e. The molecule has 0 spiro atoms. The van der Waals surface area contributed by atoms with E-state index in [4.69, 9.17) is 0 Å². The molecule has 0 aromatic heterocycles. The van der Waals surface area contributed by atoms with Crippen molar-refractivity contribution >= 4 is 11.6 Å². The molecule has 1 aromatic carbocycles. The van der Waals surface area contributed by atoms with Crippen molar-refractivity contribution in [1.82, 2.24) is 10.2 Å². The number of carbonyl (C=O) groups is 1. The molecule has 0 bridgehead atoms. The lowest BCUT2D eigenvalue weighted by Gasteiger charge is -2.36. The molecule has 130 valence electrons. The Labute approximate surface area is 143 Å². The predicted molar refractivity (Wildman–Crippen MR) is 92.1 cm³/mol. The van der Waals surface area contributed by atoms with Crippen LogP contribution < -0.4 is 10.2 Å². The lowest BCUT2D eigenvalue weighted by molar-refractivity contribution is -0.124. The number of piperazine rings is 1. The van der Waals surface area contributed by atoms with Crippen molar-refractivity contribution in [2.45, 2.75) is 26.3 Å². The fourth-order valence-corrected chi connectivity index (χ4v) is 2.69. The predicted octanol–water partition coefficient (Wildman–Crippen LogP) is 2.00. The van der Waals surface area contributed by atoms with Gasteiger partial charge in [0, 0.05) is 26.2 Å². The minimum Gasteiger partial charge on any atom is -0.367 e. The molecule has 0 unspecified atom stereocenters. The number of hydrogen-bond donors (Lipinski definition) is 1. The van der Waals surface area contributed by atoms with Crippen LogP contribution in [0.1, 0.15) is 20.8 Å². The third-order valence-electron chi connectivity index (χ3n) is 4.72. The van der Waals surface area contributed by atoms with Crippen molar-refractivity contribution in [3.8, 4) is 6.07 Å². The molecule has 24 heavy (non-hydrogen) atoms. The Morgan fingerprint density at radius 2 is 1.96 bits per heavy atom. The second kappa shape index (κ2) is 7.63. The highest BCUT2D eigenvalue weighted by atomic mass is 19.1. The standard InChI is InChI=1S/C18H25FN4O/c1-14(2)18(3,13-20)21-17(24)12-22-8-10-23(11-9-22)16-7-5-4-6-15(16)19/h4-7,14H,8-12H2,1-3H3,(H,21,24)/t18-/m1/s1. The molecular weight excluding hydrogens is 307 g/mol. The van der Waals surface area contributed by atoms with Crippen LogP contribution in [0.25, 0.3) is 0 Å². The Hall–Kier alpha value is -2.13. The van der Waals surface area contributed by atoms with E-state index in [1.54, 1.807) is 19.1 Å². The molecule has 2 rings (SSSR count). The number of nitriles is 1. The molecule has 1 aliphatic heterocycles. The zero-order chi connectivity index (χ0) is 17.7. The Balaban J connectivity index is 1.86. The number of anilines is 1. The monoisotopic (exact) mass is 332 g/mol. The van der Waals surface area contributed by atoms with Gasteiger partial charge in [-0.3, -0.25) is 9.69 Å². The quantitative estimate of drug-likeness (QED) is 0.896. The molecule has 1 N–H and O–H groups in total. The van der Waals surface area contributed by atoms with E-state index < -0.39 is 5.54 Å². The van der Waals surface area contributed by atoms with E-state index in [1.807, 2.05) is 29.7 Å². The lowest BCUT2D eigenvalue weighted by Crippen LogP contribution is -2.54. The summed E-state index contributed by atoms with van der Waals surface area (Å²) in [5, 5.41) is 12.1. The molecule has 1 atom stereocenters. The van der Waals surface area contributed by atoms with Crippen LogP contribution in [0.15, 0.2) is 24.3 Å². The largest absolute Gasteiger partial charge is 0.367 e. The van der Waals surface area contributed by atoms with Crippen LogP contribution in [0.4, 0.5) is 10.1 Å². The average Bonchev–Trinajstić information content (AvgIpc) is 2.55. The number of para-hydroxylation sites is 1. The van der Waals surface area contributed by atoms with Crippen molar-refractivity contribution in [1.29, 1.82) is 5.26 Å². The topological polar surface area (TPSA) is 59.4 Å². The van der Waals surface area contributed by atoms with E-state index in [1.165, 1.54) is 6.07 Å². The summed E-state index contributed by atoms with van der Waals surface area (Å²) in [4.78, 5) is 16.2. The van der Waals surface area contributed by atoms with Gasteiger partial charge in [0.1, 0.15) is 11.4 Å². The molecule has 1 heterocycles. The fourth-order valence-electron chi connectivity index (χ4n) is 2.69. The highest BCUT2D eigenvalue weighted by molar-refractivity contribution is 5.79. The second-order valence-corrected chi connectivity index (χ2v) is 6.73. The summed E-state index contributed by atoms with van der Waals surface area (Å²) in [5.41, 5.74) is -0.245. The summed E-state index contributed by atoms with van der Waals surface area (Å²) in [6.45, 7) is 8.55. The van der Waals surface area contributed by atoms with Crippen molar-refractivity contribution in [2.24, 2.45) is 5.92 Å². The summed E-state index contributed by atoms with van der Waals surface area (Å²) in [7, 11) is 0. The van der Waals surface area contributed by atoms with Gasteiger partial charge in [0.05, 0.1) is 18.3 Å². The number of benzene rings is 1. The Morgan fingerprint density at radius 1 is 1.33 bits per heavy atom. The van der Waals surface area contributed by atoms with Crippen LogP contribution in [-0.2, 0) is 4.79 Å². The molecule has 1 aromatic rings. The number of hydrogen-bond acceptors (Lipinski definition) is 4. The third kappa shape index (κ3) is 4.24. The number of nitrogens with one attached hydrogen (secondary N) is 1. The maximum absolute atomic E-state index is 13.8. The molecule has 1 saturated heterocycles. The van der Waals surface area contributed by atoms with E-state index in [2.05, 4.69) is 11.4 Å². The normalized spacial score (nSPS) is 18.1. The van der Waals surface area contributed by atoms with E-state index in [-0.39, 0.29) is 24.2 Å². The Morgan fingerprint density at radius 3 is 2.50 bits per heavy atom. The zero-order valence-corrected chi connectivity index (χ0v) is 14.6. The van der Waals surface area contributed by atoms with Crippen LogP contribution in [0.2, 0.25) is 0 Å². The molecule has 1 aliphatic rings. The number of amides is 1. The van der Waals surface area contributed by atoms with Gasteiger partial charge in [0.2, 0.25) is 5.91 Å². The first-order valence-corrected chi connectivity index (χ1v) is 8.30. The minimum absolute atomic E-state index is 0.0318. The number of carbonyl (C=O) groups excluding carboxylic acids is 1. The fraction of sp³-hybridized carbons (Fsp3) is 0.556. The van der Waals surface area contributed by atoms with Crippen molar-refractivity contribution in [2.75, 3.05) is 37.6 Å². The Kier molecular flexibility index (Phi) is 5.79. The molecule has 0 aliphatic carbocycles. The summed E-state index contributed by atoms with van der Waals surface area (Å²) < 4.78 is 13.8. The number of nitrogens with zero attached hydrogens (tertiary/aromatic N) is 3. The lowest BCUT2D eigenvalue weighted by atomic mass is 9.90. The van der Waals surface area contributed by atoms with Crippen LogP contribution in [-0.4, -0.2) is 49.1 Å². The third-order valence-corrected chi connectivity index (χ3v) is 4.72. The SMILES string of the molecule is CC(C)[C@@](C)(C#N)NC(=O)CN1CCN(c2ccccc2F)CC1. The molecule has 0 saturated carbocycles. The summed E-state index contributed by atoms with van der Waals surface area (Å²) in [6.07, 6.45) is 0. The van der Waals surface area contributed by atoms with Gasteiger partial charge in [-0.2, -0.15) is 5.26 Å². The average molecular weight is 332 g/mol. The van der Waals surface area contributed by atoms with E-state index in [9.17, 15) is 14.4 Å². The van der Waals surface area contributed by atoms with Gasteiger partial charge in [-0.05, 0) is 25.0 Å². The second-order valence-electron chi connectivity index (χ2n) is 6.73. The number of rotatable bonds is 5. The number of halogens is 1. The molecule has 5 nitrogen and oxygen atoms in total. The summed E-state index contributed by atoms with van der Waals surface area (Å²) >= 11 is 0. The molecule has 6 heteroatoms. The molecule has 1 fully saturated rings. The van der Waals surface area contributed by atoms with Crippen LogP contribution in [0.3, 0.4) is 0 Å². The van der Waals surface area contributed by atoms with Gasteiger partial charge in [0.25, 0.3) is 0 Å².